The van der Waals surface area contributed by atoms with E-state index in [1.54, 1.807) is 39.8 Å². The molecule has 19 heavy (non-hydrogen) atoms. The largest absolute Gasteiger partial charge is 0.333 e. The quantitative estimate of drug-likeness (QED) is 0.768. The van der Waals surface area contributed by atoms with Gasteiger partial charge in [0.25, 0.3) is 5.91 Å². The standard InChI is InChI=1S/C12H12N6O/c1-16-11(2-3-14-16)12(19)17-7-10(8-17)18-6-9(4-13)5-15-18/h2-3,5-6,10H,7-8H2,1H3. The predicted octanol–water partition coefficient (Wildman–Crippen LogP) is 0.185. The molecular formula is C12H12N6O. The summed E-state index contributed by atoms with van der Waals surface area (Å²) < 4.78 is 3.31. The molecule has 7 heteroatoms. The Hall–Kier alpha value is -2.62. The number of aryl methyl sites for hydroxylation is 1. The first-order chi connectivity index (χ1) is 9.19. The summed E-state index contributed by atoms with van der Waals surface area (Å²) in [7, 11) is 1.75. The van der Waals surface area contributed by atoms with Crippen molar-refractivity contribution in [3.63, 3.8) is 0 Å². The van der Waals surface area contributed by atoms with Gasteiger partial charge in [0.2, 0.25) is 0 Å². The number of nitriles is 1. The van der Waals surface area contributed by atoms with Gasteiger partial charge in [-0.15, -0.1) is 0 Å². The van der Waals surface area contributed by atoms with Crippen LogP contribution in [0, 0.1) is 11.3 Å². The lowest BCUT2D eigenvalue weighted by Gasteiger charge is -2.39. The van der Waals surface area contributed by atoms with Crippen LogP contribution in [0.1, 0.15) is 22.1 Å². The minimum atomic E-state index is -0.0242. The van der Waals surface area contributed by atoms with E-state index in [-0.39, 0.29) is 11.9 Å². The Morgan fingerprint density at radius 2 is 2.26 bits per heavy atom. The topological polar surface area (TPSA) is 79.7 Å². The SMILES string of the molecule is Cn1nccc1C(=O)N1CC(n2cc(C#N)cn2)C1. The molecule has 3 heterocycles. The van der Waals surface area contributed by atoms with E-state index < -0.39 is 0 Å². The Labute approximate surface area is 109 Å². The van der Waals surface area contributed by atoms with Gasteiger partial charge in [-0.2, -0.15) is 15.5 Å². The van der Waals surface area contributed by atoms with E-state index in [4.69, 9.17) is 5.26 Å². The van der Waals surface area contributed by atoms with Crippen molar-refractivity contribution in [1.82, 2.24) is 24.5 Å². The fourth-order valence-electron chi connectivity index (χ4n) is 2.13. The van der Waals surface area contributed by atoms with E-state index in [9.17, 15) is 4.79 Å². The van der Waals surface area contributed by atoms with Crippen molar-refractivity contribution in [2.45, 2.75) is 6.04 Å². The Morgan fingerprint density at radius 1 is 1.47 bits per heavy atom. The van der Waals surface area contributed by atoms with Crippen LogP contribution in [0.3, 0.4) is 0 Å². The van der Waals surface area contributed by atoms with Crippen molar-refractivity contribution in [1.29, 1.82) is 5.26 Å². The molecule has 0 bridgehead atoms. The molecule has 2 aromatic rings. The number of amides is 1. The molecule has 96 valence electrons. The summed E-state index contributed by atoms with van der Waals surface area (Å²) in [5.74, 6) is -0.0242. The molecule has 0 spiro atoms. The molecule has 2 aromatic heterocycles. The minimum Gasteiger partial charge on any atom is -0.333 e. The van der Waals surface area contributed by atoms with Crippen LogP contribution in [0.25, 0.3) is 0 Å². The van der Waals surface area contributed by atoms with Gasteiger partial charge in [-0.05, 0) is 6.07 Å². The molecule has 1 aliphatic heterocycles. The third kappa shape index (κ3) is 1.87. The molecule has 1 amide bonds. The molecule has 0 atom stereocenters. The number of carbonyl (C=O) groups is 1. The summed E-state index contributed by atoms with van der Waals surface area (Å²) in [5.41, 5.74) is 1.12. The second kappa shape index (κ2) is 4.24. The Balaban J connectivity index is 1.66. The minimum absolute atomic E-state index is 0.0242. The molecule has 3 rings (SSSR count). The lowest BCUT2D eigenvalue weighted by atomic mass is 10.1. The van der Waals surface area contributed by atoms with Gasteiger partial charge in [0, 0.05) is 32.5 Å². The van der Waals surface area contributed by atoms with Crippen LogP contribution in [0.4, 0.5) is 0 Å². The summed E-state index contributed by atoms with van der Waals surface area (Å²) in [4.78, 5) is 13.9. The van der Waals surface area contributed by atoms with E-state index in [0.717, 1.165) is 0 Å². The second-order valence-electron chi connectivity index (χ2n) is 4.52. The maximum atomic E-state index is 12.1. The van der Waals surface area contributed by atoms with E-state index >= 15 is 0 Å². The number of likely N-dealkylation sites (tertiary alicyclic amines) is 1. The van der Waals surface area contributed by atoms with Crippen LogP contribution < -0.4 is 0 Å². The molecule has 0 unspecified atom stereocenters. The summed E-state index contributed by atoms with van der Waals surface area (Å²) in [6, 6.07) is 3.90. The lowest BCUT2D eigenvalue weighted by molar-refractivity contribution is 0.0490. The summed E-state index contributed by atoms with van der Waals surface area (Å²) >= 11 is 0. The third-order valence-corrected chi connectivity index (χ3v) is 3.29. The smallest absolute Gasteiger partial charge is 0.272 e. The number of nitrogens with zero attached hydrogens (tertiary/aromatic N) is 6. The Kier molecular flexibility index (Phi) is 2.56. The number of hydrogen-bond acceptors (Lipinski definition) is 4. The highest BCUT2D eigenvalue weighted by atomic mass is 16.2. The summed E-state index contributed by atoms with van der Waals surface area (Å²) in [6.07, 6.45) is 4.85. The van der Waals surface area contributed by atoms with Gasteiger partial charge in [0.05, 0.1) is 17.8 Å². The zero-order chi connectivity index (χ0) is 13.4. The summed E-state index contributed by atoms with van der Waals surface area (Å²) in [5, 5.41) is 16.8. The molecule has 0 radical (unpaired) electrons. The van der Waals surface area contributed by atoms with Gasteiger partial charge < -0.3 is 4.90 Å². The fraction of sp³-hybridized carbons (Fsp3) is 0.333. The van der Waals surface area contributed by atoms with E-state index in [0.29, 0.717) is 24.3 Å². The first-order valence-corrected chi connectivity index (χ1v) is 5.90. The van der Waals surface area contributed by atoms with Crippen LogP contribution in [0.15, 0.2) is 24.7 Å². The van der Waals surface area contributed by atoms with Crippen LogP contribution >= 0.6 is 0 Å². The third-order valence-electron chi connectivity index (χ3n) is 3.29. The predicted molar refractivity (Wildman–Crippen MR) is 65.1 cm³/mol. The maximum Gasteiger partial charge on any atom is 0.272 e. The average molecular weight is 256 g/mol. The van der Waals surface area contributed by atoms with Gasteiger partial charge in [-0.3, -0.25) is 14.2 Å². The fourth-order valence-corrected chi connectivity index (χ4v) is 2.13. The Morgan fingerprint density at radius 3 is 2.84 bits per heavy atom. The summed E-state index contributed by atoms with van der Waals surface area (Å²) in [6.45, 7) is 1.22. The first-order valence-electron chi connectivity index (χ1n) is 5.90. The molecule has 1 saturated heterocycles. The highest BCUT2D eigenvalue weighted by Gasteiger charge is 2.33. The zero-order valence-electron chi connectivity index (χ0n) is 10.4. The number of carbonyl (C=O) groups excluding carboxylic acids is 1. The van der Waals surface area contributed by atoms with Gasteiger partial charge in [-0.25, -0.2) is 0 Å². The molecule has 1 aliphatic rings. The van der Waals surface area contributed by atoms with Gasteiger partial charge in [0.1, 0.15) is 11.8 Å². The van der Waals surface area contributed by atoms with E-state index in [2.05, 4.69) is 10.2 Å². The molecular weight excluding hydrogens is 244 g/mol. The average Bonchev–Trinajstić information content (AvgIpc) is 2.95. The molecule has 7 nitrogen and oxygen atoms in total. The lowest BCUT2D eigenvalue weighted by Crippen LogP contribution is -2.51. The van der Waals surface area contributed by atoms with Crippen LogP contribution in [0.2, 0.25) is 0 Å². The number of rotatable bonds is 2. The van der Waals surface area contributed by atoms with Gasteiger partial charge in [0.15, 0.2) is 0 Å². The normalized spacial score (nSPS) is 15.1. The number of aromatic nitrogens is 4. The van der Waals surface area contributed by atoms with Crippen LogP contribution in [0.5, 0.6) is 0 Å². The molecule has 0 N–H and O–H groups in total. The monoisotopic (exact) mass is 256 g/mol. The van der Waals surface area contributed by atoms with Crippen molar-refractivity contribution in [2.75, 3.05) is 13.1 Å². The highest BCUT2D eigenvalue weighted by molar-refractivity contribution is 5.93. The van der Waals surface area contributed by atoms with Crippen molar-refractivity contribution >= 4 is 5.91 Å². The molecule has 0 aromatic carbocycles. The maximum absolute atomic E-state index is 12.1. The van der Waals surface area contributed by atoms with Crippen molar-refractivity contribution < 1.29 is 4.79 Å². The molecule has 0 aliphatic carbocycles. The van der Waals surface area contributed by atoms with Crippen molar-refractivity contribution in [2.24, 2.45) is 7.05 Å². The van der Waals surface area contributed by atoms with E-state index in [1.807, 2.05) is 6.07 Å². The van der Waals surface area contributed by atoms with Crippen LogP contribution in [-0.4, -0.2) is 43.5 Å². The van der Waals surface area contributed by atoms with Crippen molar-refractivity contribution in [3.05, 3.63) is 35.9 Å². The van der Waals surface area contributed by atoms with Gasteiger partial charge in [-0.1, -0.05) is 0 Å². The van der Waals surface area contributed by atoms with E-state index in [1.165, 1.54) is 6.20 Å². The number of hydrogen-bond donors (Lipinski definition) is 0. The molecule has 0 saturated carbocycles. The second-order valence-corrected chi connectivity index (χ2v) is 4.52. The Bertz CT molecular complexity index is 658. The first kappa shape index (κ1) is 11.5. The van der Waals surface area contributed by atoms with Crippen LogP contribution in [-0.2, 0) is 7.05 Å². The van der Waals surface area contributed by atoms with Crippen molar-refractivity contribution in [3.8, 4) is 6.07 Å². The zero-order valence-corrected chi connectivity index (χ0v) is 10.4. The highest BCUT2D eigenvalue weighted by Crippen LogP contribution is 2.22. The molecule has 1 fully saturated rings. The van der Waals surface area contributed by atoms with Gasteiger partial charge >= 0.3 is 0 Å².